The number of allylic oxidation sites excluding steroid dienone is 1. The molecular formula is C14H24O. The molecule has 1 heteroatoms. The van der Waals surface area contributed by atoms with Gasteiger partial charge in [-0.2, -0.15) is 0 Å². The van der Waals surface area contributed by atoms with E-state index in [2.05, 4.69) is 26.0 Å². The summed E-state index contributed by atoms with van der Waals surface area (Å²) in [7, 11) is 0. The van der Waals surface area contributed by atoms with Crippen molar-refractivity contribution in [3.8, 4) is 0 Å². The predicted octanol–water partition coefficient (Wildman–Crippen LogP) is 4.08. The molecule has 0 spiro atoms. The number of rotatable bonds is 4. The minimum atomic E-state index is 0.230. The molecule has 1 aliphatic heterocycles. The molecule has 86 valence electrons. The molecule has 0 aromatic rings. The SMILES string of the molecule is CCCC1(CCC)CC2CCC=CC2O1. The van der Waals surface area contributed by atoms with Crippen LogP contribution in [0.3, 0.4) is 0 Å². The molecule has 15 heavy (non-hydrogen) atoms. The minimum absolute atomic E-state index is 0.230. The topological polar surface area (TPSA) is 9.23 Å². The maximum atomic E-state index is 6.35. The molecule has 1 heterocycles. The lowest BCUT2D eigenvalue weighted by Gasteiger charge is -2.28. The van der Waals surface area contributed by atoms with Gasteiger partial charge in [0.15, 0.2) is 0 Å². The minimum Gasteiger partial charge on any atom is -0.367 e. The molecule has 2 unspecified atom stereocenters. The first-order chi connectivity index (χ1) is 7.29. The summed E-state index contributed by atoms with van der Waals surface area (Å²) >= 11 is 0. The van der Waals surface area contributed by atoms with Gasteiger partial charge in [-0.15, -0.1) is 0 Å². The van der Waals surface area contributed by atoms with Crippen molar-refractivity contribution in [3.05, 3.63) is 12.2 Å². The first-order valence-electron chi connectivity index (χ1n) is 6.64. The fraction of sp³-hybridized carbons (Fsp3) is 0.857. The molecule has 2 atom stereocenters. The van der Waals surface area contributed by atoms with E-state index in [1.54, 1.807) is 0 Å². The van der Waals surface area contributed by atoms with Crippen LogP contribution in [0.2, 0.25) is 0 Å². The van der Waals surface area contributed by atoms with E-state index in [-0.39, 0.29) is 5.60 Å². The monoisotopic (exact) mass is 208 g/mol. The van der Waals surface area contributed by atoms with Gasteiger partial charge in [-0.3, -0.25) is 0 Å². The van der Waals surface area contributed by atoms with Gasteiger partial charge in [-0.1, -0.05) is 38.8 Å². The third-order valence-corrected chi connectivity index (χ3v) is 3.93. The first kappa shape index (κ1) is 11.2. The summed E-state index contributed by atoms with van der Waals surface area (Å²) in [5.74, 6) is 0.813. The maximum absolute atomic E-state index is 6.35. The number of fused-ring (bicyclic) bond motifs is 1. The molecule has 0 aromatic carbocycles. The van der Waals surface area contributed by atoms with Gasteiger partial charge in [0.2, 0.25) is 0 Å². The summed E-state index contributed by atoms with van der Waals surface area (Å²) in [4.78, 5) is 0. The van der Waals surface area contributed by atoms with Crippen molar-refractivity contribution >= 4 is 0 Å². The van der Waals surface area contributed by atoms with E-state index < -0.39 is 0 Å². The van der Waals surface area contributed by atoms with Gasteiger partial charge in [0, 0.05) is 0 Å². The van der Waals surface area contributed by atoms with Crippen LogP contribution in [0.5, 0.6) is 0 Å². The number of hydrogen-bond acceptors (Lipinski definition) is 1. The van der Waals surface area contributed by atoms with E-state index >= 15 is 0 Å². The molecule has 0 amide bonds. The molecule has 0 N–H and O–H groups in total. The molecule has 1 saturated heterocycles. The van der Waals surface area contributed by atoms with Crippen molar-refractivity contribution in [1.29, 1.82) is 0 Å². The van der Waals surface area contributed by atoms with Crippen molar-refractivity contribution in [1.82, 2.24) is 0 Å². The summed E-state index contributed by atoms with van der Waals surface area (Å²) in [5, 5.41) is 0. The Labute approximate surface area is 93.9 Å². The van der Waals surface area contributed by atoms with Gasteiger partial charge in [-0.25, -0.2) is 0 Å². The smallest absolute Gasteiger partial charge is 0.0792 e. The zero-order chi connectivity index (χ0) is 10.7. The average Bonchev–Trinajstić information content (AvgIpc) is 2.56. The molecule has 2 aliphatic rings. The Kier molecular flexibility index (Phi) is 3.50. The Balaban J connectivity index is 2.05. The standard InChI is InChI=1S/C14H24O/c1-3-9-14(10-4-2)11-12-7-5-6-8-13(12)15-14/h6,8,12-13H,3-5,7,9-11H2,1-2H3. The quantitative estimate of drug-likeness (QED) is 0.632. The molecule has 0 radical (unpaired) electrons. The molecule has 1 aliphatic carbocycles. The molecule has 0 aromatic heterocycles. The van der Waals surface area contributed by atoms with Crippen molar-refractivity contribution in [3.63, 3.8) is 0 Å². The Morgan fingerprint density at radius 1 is 1.27 bits per heavy atom. The number of hydrogen-bond donors (Lipinski definition) is 0. The van der Waals surface area contributed by atoms with E-state index in [0.29, 0.717) is 6.10 Å². The second-order valence-corrected chi connectivity index (χ2v) is 5.24. The van der Waals surface area contributed by atoms with Crippen LogP contribution in [-0.2, 0) is 4.74 Å². The zero-order valence-electron chi connectivity index (χ0n) is 10.2. The average molecular weight is 208 g/mol. The first-order valence-corrected chi connectivity index (χ1v) is 6.64. The molecule has 2 rings (SSSR count). The van der Waals surface area contributed by atoms with Crippen LogP contribution in [-0.4, -0.2) is 11.7 Å². The summed E-state index contributed by atoms with van der Waals surface area (Å²) < 4.78 is 6.35. The Morgan fingerprint density at radius 3 is 2.60 bits per heavy atom. The van der Waals surface area contributed by atoms with Gasteiger partial charge in [0.1, 0.15) is 0 Å². The highest BCUT2D eigenvalue weighted by atomic mass is 16.5. The van der Waals surface area contributed by atoms with Crippen molar-refractivity contribution < 1.29 is 4.74 Å². The van der Waals surface area contributed by atoms with Crippen molar-refractivity contribution in [2.45, 2.75) is 70.5 Å². The molecule has 1 nitrogen and oxygen atoms in total. The van der Waals surface area contributed by atoms with Crippen LogP contribution >= 0.6 is 0 Å². The summed E-state index contributed by atoms with van der Waals surface area (Å²) in [6.07, 6.45) is 14.0. The highest BCUT2D eigenvalue weighted by molar-refractivity contribution is 5.06. The highest BCUT2D eigenvalue weighted by Gasteiger charge is 2.44. The fourth-order valence-corrected chi connectivity index (χ4v) is 3.39. The summed E-state index contributed by atoms with van der Waals surface area (Å²) in [6, 6.07) is 0. The largest absolute Gasteiger partial charge is 0.367 e. The van der Waals surface area contributed by atoms with Crippen molar-refractivity contribution in [2.24, 2.45) is 5.92 Å². The van der Waals surface area contributed by atoms with Gasteiger partial charge in [0.05, 0.1) is 11.7 Å². The van der Waals surface area contributed by atoms with E-state index in [0.717, 1.165) is 5.92 Å². The normalized spacial score (nSPS) is 32.9. The van der Waals surface area contributed by atoms with E-state index in [1.807, 2.05) is 0 Å². The molecular weight excluding hydrogens is 184 g/mol. The van der Waals surface area contributed by atoms with Gasteiger partial charge in [-0.05, 0) is 38.0 Å². The van der Waals surface area contributed by atoms with Gasteiger partial charge < -0.3 is 4.74 Å². The van der Waals surface area contributed by atoms with E-state index in [4.69, 9.17) is 4.74 Å². The zero-order valence-corrected chi connectivity index (χ0v) is 10.2. The second-order valence-electron chi connectivity index (χ2n) is 5.24. The third kappa shape index (κ3) is 2.28. The maximum Gasteiger partial charge on any atom is 0.0792 e. The third-order valence-electron chi connectivity index (χ3n) is 3.93. The van der Waals surface area contributed by atoms with Crippen LogP contribution in [0, 0.1) is 5.92 Å². The molecule has 0 bridgehead atoms. The summed E-state index contributed by atoms with van der Waals surface area (Å²) in [6.45, 7) is 4.55. The summed E-state index contributed by atoms with van der Waals surface area (Å²) in [5.41, 5.74) is 0.230. The lowest BCUT2D eigenvalue weighted by atomic mass is 9.82. The van der Waals surface area contributed by atoms with Gasteiger partial charge in [0.25, 0.3) is 0 Å². The second kappa shape index (κ2) is 4.69. The van der Waals surface area contributed by atoms with E-state index in [9.17, 15) is 0 Å². The number of ether oxygens (including phenoxy) is 1. The lowest BCUT2D eigenvalue weighted by Crippen LogP contribution is -2.28. The van der Waals surface area contributed by atoms with Gasteiger partial charge >= 0.3 is 0 Å². The van der Waals surface area contributed by atoms with Crippen molar-refractivity contribution in [2.75, 3.05) is 0 Å². The Morgan fingerprint density at radius 2 is 2.00 bits per heavy atom. The van der Waals surface area contributed by atoms with Crippen LogP contribution in [0.4, 0.5) is 0 Å². The fourth-order valence-electron chi connectivity index (χ4n) is 3.39. The predicted molar refractivity (Wildman–Crippen MR) is 63.9 cm³/mol. The van der Waals surface area contributed by atoms with Crippen LogP contribution in [0.15, 0.2) is 12.2 Å². The molecule has 1 fully saturated rings. The highest BCUT2D eigenvalue weighted by Crippen LogP contribution is 2.45. The van der Waals surface area contributed by atoms with E-state index in [1.165, 1.54) is 44.9 Å². The Bertz CT molecular complexity index is 225. The van der Waals surface area contributed by atoms with Crippen LogP contribution in [0.1, 0.15) is 58.8 Å². The molecule has 0 saturated carbocycles. The van der Waals surface area contributed by atoms with Crippen LogP contribution in [0.25, 0.3) is 0 Å². The lowest BCUT2D eigenvalue weighted by molar-refractivity contribution is -0.0395. The Hall–Kier alpha value is -0.300. The van der Waals surface area contributed by atoms with Crippen LogP contribution < -0.4 is 0 Å².